The number of aromatic amines is 2. The molecule has 10 nitrogen and oxygen atoms in total. The molecule has 0 amide bonds. The Balaban J connectivity index is 0.000000175. The van der Waals surface area contributed by atoms with E-state index in [0.717, 1.165) is 88.0 Å². The minimum Gasteiger partial charge on any atom is -0.370 e. The molecule has 4 aromatic heterocycles. The van der Waals surface area contributed by atoms with Crippen LogP contribution in [0.4, 0.5) is 47.6 Å². The summed E-state index contributed by atoms with van der Waals surface area (Å²) in [6, 6.07) is 27.3. The van der Waals surface area contributed by atoms with E-state index in [1.165, 1.54) is 0 Å². The van der Waals surface area contributed by atoms with Gasteiger partial charge in [0.25, 0.3) is 0 Å². The smallest absolute Gasteiger partial charge is 0.370 e. The van der Waals surface area contributed by atoms with Crippen molar-refractivity contribution >= 4 is 46.0 Å². The molecular weight excluding hydrogens is 730 g/mol. The van der Waals surface area contributed by atoms with Gasteiger partial charge < -0.3 is 31.2 Å². The molecule has 294 valence electrons. The molecule has 2 aliphatic carbocycles. The average Bonchev–Trinajstić information content (AvgIpc) is 3.75. The molecule has 2 aliphatic rings. The van der Waals surface area contributed by atoms with Gasteiger partial charge in [0, 0.05) is 71.7 Å². The van der Waals surface area contributed by atoms with Gasteiger partial charge in [-0.05, 0) is 88.1 Å². The van der Waals surface area contributed by atoms with Crippen LogP contribution in [0.2, 0.25) is 0 Å². The lowest BCUT2D eigenvalue weighted by molar-refractivity contribution is -0.131. The number of benzene rings is 2. The normalized spacial score (nSPS) is 13.6. The van der Waals surface area contributed by atoms with Crippen LogP contribution in [-0.2, 0) is 12.8 Å². The molecule has 0 bridgehead atoms. The van der Waals surface area contributed by atoms with Gasteiger partial charge >= 0.3 is 6.18 Å². The number of nitrogens with one attached hydrogen (secondary N) is 6. The summed E-state index contributed by atoms with van der Waals surface area (Å²) in [5.74, 6) is 1.45. The molecule has 0 atom stereocenters. The summed E-state index contributed by atoms with van der Waals surface area (Å²) in [6.07, 6.45) is 2.62. The van der Waals surface area contributed by atoms with Gasteiger partial charge in [-0.3, -0.25) is 9.59 Å². The first-order valence-corrected chi connectivity index (χ1v) is 19.2. The van der Waals surface area contributed by atoms with Gasteiger partial charge in [-0.25, -0.2) is 9.97 Å². The maximum atomic E-state index is 12.7. The molecule has 0 saturated heterocycles. The van der Waals surface area contributed by atoms with Gasteiger partial charge in [0.05, 0.1) is 40.3 Å². The number of aromatic nitrogens is 4. The van der Waals surface area contributed by atoms with Crippen LogP contribution in [0.15, 0.2) is 97.3 Å². The van der Waals surface area contributed by atoms with Crippen molar-refractivity contribution in [2.75, 3.05) is 27.8 Å². The summed E-state index contributed by atoms with van der Waals surface area (Å²) in [4.78, 5) is 40.7. The summed E-state index contributed by atoms with van der Waals surface area (Å²) in [6.45, 7) is 3.92. The lowest BCUT2D eigenvalue weighted by Gasteiger charge is -2.14. The number of hydrogen-bond acceptors (Lipinski definition) is 8. The molecular formula is C44H45F3N8O2. The van der Waals surface area contributed by atoms with Crippen LogP contribution in [0.25, 0.3) is 22.5 Å². The Kier molecular flexibility index (Phi) is 11.7. The first-order valence-electron chi connectivity index (χ1n) is 19.2. The number of hydrogen-bond donors (Lipinski definition) is 6. The van der Waals surface area contributed by atoms with Crippen LogP contribution in [0.5, 0.6) is 0 Å². The van der Waals surface area contributed by atoms with Crippen LogP contribution >= 0.6 is 0 Å². The highest BCUT2D eigenvalue weighted by Gasteiger charge is 2.29. The summed E-state index contributed by atoms with van der Waals surface area (Å²) in [5.41, 5.74) is 10.1. The topological polar surface area (TPSA) is 140 Å². The first kappa shape index (κ1) is 38.9. The number of carbonyl (C=O) groups excluding carboxylic acids is 2. The van der Waals surface area contributed by atoms with Crippen molar-refractivity contribution in [1.82, 2.24) is 19.9 Å². The highest BCUT2D eigenvalue weighted by Crippen LogP contribution is 2.40. The van der Waals surface area contributed by atoms with Crippen LogP contribution in [0.3, 0.4) is 0 Å². The lowest BCUT2D eigenvalue weighted by Crippen LogP contribution is -2.15. The Morgan fingerprint density at radius 1 is 0.667 bits per heavy atom. The number of carbonyl (C=O) groups is 2. The van der Waals surface area contributed by atoms with E-state index in [0.29, 0.717) is 36.0 Å². The van der Waals surface area contributed by atoms with Crippen molar-refractivity contribution in [3.05, 3.63) is 120 Å². The Labute approximate surface area is 329 Å². The summed E-state index contributed by atoms with van der Waals surface area (Å²) in [7, 11) is 0. The zero-order valence-corrected chi connectivity index (χ0v) is 31.8. The fourth-order valence-corrected chi connectivity index (χ4v) is 7.19. The van der Waals surface area contributed by atoms with Gasteiger partial charge in [-0.15, -0.1) is 0 Å². The van der Waals surface area contributed by atoms with Gasteiger partial charge in [0.1, 0.15) is 11.6 Å². The van der Waals surface area contributed by atoms with Gasteiger partial charge in [0.2, 0.25) is 0 Å². The lowest BCUT2D eigenvalue weighted by atomic mass is 9.95. The molecule has 0 aliphatic heterocycles. The Hall–Kier alpha value is -6.37. The highest BCUT2D eigenvalue weighted by atomic mass is 19.4. The zero-order chi connectivity index (χ0) is 39.9. The number of para-hydroxylation sites is 2. The summed E-state index contributed by atoms with van der Waals surface area (Å²) < 4.78 is 37.3. The number of rotatable bonds is 11. The fraction of sp³-hybridized carbons (Fsp3) is 0.273. The molecule has 6 aromatic rings. The fourth-order valence-electron chi connectivity index (χ4n) is 7.19. The standard InChI is InChI=1S/C22H21F3N4O.C22H24N4O/c23-22(24,25)10-12-27-18-13-14(9-11-26-18)20-21(28-15-5-2-1-3-6-15)19-16(29-20)7-4-8-17(19)30;1-14(2)24-19-13-15(11-12-23-19)21-22(25-16-7-4-3-5-8-16)20-17(26-21)9-6-10-18(20)27/h1-3,5-6,9,11,13,28-29H,4,7-8,10,12H2,(H,26,27);3-5,7-8,11-14,25-26H,6,9-10H2,1-2H3,(H,23,24). The summed E-state index contributed by atoms with van der Waals surface area (Å²) >= 11 is 0. The third-order valence-electron chi connectivity index (χ3n) is 9.71. The number of alkyl halides is 3. The molecule has 0 radical (unpaired) electrons. The third-order valence-corrected chi connectivity index (χ3v) is 9.71. The van der Waals surface area contributed by atoms with Crippen molar-refractivity contribution in [3.8, 4) is 22.5 Å². The van der Waals surface area contributed by atoms with Crippen LogP contribution in [0.1, 0.15) is 78.1 Å². The predicted molar refractivity (Wildman–Crippen MR) is 220 cm³/mol. The largest absolute Gasteiger partial charge is 0.390 e. The maximum absolute atomic E-state index is 12.7. The second-order valence-corrected chi connectivity index (χ2v) is 14.4. The Morgan fingerprint density at radius 3 is 1.61 bits per heavy atom. The zero-order valence-electron chi connectivity index (χ0n) is 31.8. The van der Waals surface area contributed by atoms with E-state index >= 15 is 0 Å². The number of pyridine rings is 2. The van der Waals surface area contributed by atoms with Crippen molar-refractivity contribution in [3.63, 3.8) is 0 Å². The quantitative estimate of drug-likeness (QED) is 0.0765. The molecule has 2 aromatic carbocycles. The molecule has 0 saturated carbocycles. The van der Waals surface area contributed by atoms with Gasteiger partial charge in [-0.2, -0.15) is 13.2 Å². The van der Waals surface area contributed by atoms with Crippen molar-refractivity contribution in [2.24, 2.45) is 0 Å². The second-order valence-electron chi connectivity index (χ2n) is 14.4. The van der Waals surface area contributed by atoms with Gasteiger partial charge in [-0.1, -0.05) is 36.4 Å². The number of Topliss-reactive ketones (excluding diaryl/α,β-unsaturated/α-hetero) is 2. The van der Waals surface area contributed by atoms with Crippen molar-refractivity contribution in [2.45, 2.75) is 71.0 Å². The maximum Gasteiger partial charge on any atom is 0.390 e. The third kappa shape index (κ3) is 9.54. The van der Waals surface area contributed by atoms with E-state index in [9.17, 15) is 22.8 Å². The van der Waals surface area contributed by atoms with Crippen LogP contribution in [-0.4, -0.2) is 50.3 Å². The van der Waals surface area contributed by atoms with Crippen LogP contribution < -0.4 is 21.3 Å². The number of anilines is 6. The molecule has 0 fully saturated rings. The van der Waals surface area contributed by atoms with Crippen LogP contribution in [0, 0.1) is 0 Å². The first-order chi connectivity index (χ1) is 27.5. The van der Waals surface area contributed by atoms with E-state index in [1.54, 1.807) is 24.5 Å². The number of nitrogens with zero attached hydrogens (tertiary/aromatic N) is 2. The molecule has 0 unspecified atom stereocenters. The molecule has 4 heterocycles. The minimum atomic E-state index is -4.23. The van der Waals surface area contributed by atoms with E-state index < -0.39 is 12.6 Å². The van der Waals surface area contributed by atoms with E-state index in [4.69, 9.17) is 0 Å². The van der Waals surface area contributed by atoms with E-state index in [2.05, 4.69) is 55.1 Å². The Morgan fingerprint density at radius 2 is 1.14 bits per heavy atom. The average molecular weight is 775 g/mol. The highest BCUT2D eigenvalue weighted by molar-refractivity contribution is 6.08. The molecule has 8 rings (SSSR count). The minimum absolute atomic E-state index is 0.0785. The summed E-state index contributed by atoms with van der Waals surface area (Å²) in [5, 5.41) is 12.9. The van der Waals surface area contributed by atoms with Crippen molar-refractivity contribution < 1.29 is 22.8 Å². The molecule has 6 N–H and O–H groups in total. The molecule has 57 heavy (non-hydrogen) atoms. The van der Waals surface area contributed by atoms with E-state index in [1.807, 2.05) is 72.8 Å². The van der Waals surface area contributed by atoms with Gasteiger partial charge in [0.15, 0.2) is 11.6 Å². The second kappa shape index (κ2) is 17.2. The Bertz CT molecular complexity index is 2340. The number of ketones is 2. The number of fused-ring (bicyclic) bond motifs is 2. The predicted octanol–water partition coefficient (Wildman–Crippen LogP) is 10.9. The number of H-pyrrole nitrogens is 2. The molecule has 13 heteroatoms. The molecule has 0 spiro atoms. The number of halogens is 3. The number of aryl methyl sites for hydroxylation is 2. The SMILES string of the molecule is CC(C)Nc1cc(-c2[nH]c3c(c2Nc2ccccc2)C(=O)CCC3)ccn1.O=C1CCCc2[nH]c(-c3ccnc(NCCC(F)(F)F)c3)c(Nc3ccccc3)c21. The monoisotopic (exact) mass is 774 g/mol. The van der Waals surface area contributed by atoms with E-state index in [-0.39, 0.29) is 18.1 Å². The van der Waals surface area contributed by atoms with Crippen molar-refractivity contribution in [1.29, 1.82) is 0 Å².